The molecule has 0 aromatic heterocycles. The number of nitro groups is 1. The molecule has 0 spiro atoms. The molecule has 164 valence electrons. The summed E-state index contributed by atoms with van der Waals surface area (Å²) in [6.45, 7) is 1.48. The third kappa shape index (κ3) is 3.89. The van der Waals surface area contributed by atoms with Crippen LogP contribution in [0, 0.1) is 10.1 Å². The SMILES string of the molecule is CN1C(=O)c2ccc(NC(=S)NC(=O)c3ccc(N4CCCC4)c([N+](=O)[O-])c3)cc2C1=O. The second kappa shape index (κ2) is 8.35. The lowest BCUT2D eigenvalue weighted by Gasteiger charge is -2.18. The summed E-state index contributed by atoms with van der Waals surface area (Å²) in [5.41, 5.74) is 1.41. The number of hydrogen-bond acceptors (Lipinski definition) is 7. The first-order valence-corrected chi connectivity index (χ1v) is 10.3. The van der Waals surface area contributed by atoms with Crippen molar-refractivity contribution in [1.29, 1.82) is 0 Å². The number of amides is 3. The van der Waals surface area contributed by atoms with E-state index in [1.165, 1.54) is 31.3 Å². The van der Waals surface area contributed by atoms with Crippen LogP contribution < -0.4 is 15.5 Å². The van der Waals surface area contributed by atoms with Crippen molar-refractivity contribution in [2.24, 2.45) is 0 Å². The largest absolute Gasteiger partial charge is 0.366 e. The highest BCUT2D eigenvalue weighted by atomic mass is 32.1. The van der Waals surface area contributed by atoms with Gasteiger partial charge in [0.05, 0.1) is 16.1 Å². The Balaban J connectivity index is 1.47. The summed E-state index contributed by atoms with van der Waals surface area (Å²) in [4.78, 5) is 50.7. The van der Waals surface area contributed by atoms with E-state index in [2.05, 4.69) is 10.6 Å². The molecule has 2 heterocycles. The summed E-state index contributed by atoms with van der Waals surface area (Å²) >= 11 is 5.17. The molecule has 2 aliphatic rings. The van der Waals surface area contributed by atoms with Crippen molar-refractivity contribution >= 4 is 52.1 Å². The summed E-state index contributed by atoms with van der Waals surface area (Å²) in [6, 6.07) is 8.89. The molecule has 0 radical (unpaired) electrons. The molecule has 0 bridgehead atoms. The maximum atomic E-state index is 12.6. The van der Waals surface area contributed by atoms with Crippen molar-refractivity contribution in [2.45, 2.75) is 12.8 Å². The quantitative estimate of drug-likeness (QED) is 0.313. The number of carbonyl (C=O) groups is 3. The predicted octanol–water partition coefficient (Wildman–Crippen LogP) is 2.55. The van der Waals surface area contributed by atoms with Crippen LogP contribution in [0.2, 0.25) is 0 Å². The van der Waals surface area contributed by atoms with Gasteiger partial charge in [-0.25, -0.2) is 0 Å². The van der Waals surface area contributed by atoms with E-state index in [1.54, 1.807) is 12.1 Å². The van der Waals surface area contributed by atoms with Crippen molar-refractivity contribution in [3.8, 4) is 0 Å². The lowest BCUT2D eigenvalue weighted by Crippen LogP contribution is -2.34. The average Bonchev–Trinajstić information content (AvgIpc) is 3.37. The van der Waals surface area contributed by atoms with Gasteiger partial charge in [-0.05, 0) is 55.4 Å². The van der Waals surface area contributed by atoms with E-state index in [0.29, 0.717) is 16.9 Å². The van der Waals surface area contributed by atoms with Crippen LogP contribution in [0.3, 0.4) is 0 Å². The minimum absolute atomic E-state index is 0.0497. The second-order valence-corrected chi connectivity index (χ2v) is 7.90. The molecule has 0 unspecified atom stereocenters. The van der Waals surface area contributed by atoms with Gasteiger partial charge in [0.2, 0.25) is 0 Å². The highest BCUT2D eigenvalue weighted by Gasteiger charge is 2.32. The van der Waals surface area contributed by atoms with E-state index < -0.39 is 16.7 Å². The van der Waals surface area contributed by atoms with Crippen molar-refractivity contribution < 1.29 is 19.3 Å². The fourth-order valence-corrected chi connectivity index (χ4v) is 4.02. The predicted molar refractivity (Wildman–Crippen MR) is 121 cm³/mol. The number of fused-ring (bicyclic) bond motifs is 1. The highest BCUT2D eigenvalue weighted by molar-refractivity contribution is 7.80. The Morgan fingerprint density at radius 3 is 2.44 bits per heavy atom. The Kier molecular flexibility index (Phi) is 5.57. The van der Waals surface area contributed by atoms with Gasteiger partial charge < -0.3 is 10.2 Å². The second-order valence-electron chi connectivity index (χ2n) is 7.49. The van der Waals surface area contributed by atoms with Crippen LogP contribution in [0.25, 0.3) is 0 Å². The topological polar surface area (TPSA) is 125 Å². The van der Waals surface area contributed by atoms with Gasteiger partial charge in [-0.3, -0.25) is 34.7 Å². The molecule has 0 aliphatic carbocycles. The van der Waals surface area contributed by atoms with E-state index in [0.717, 1.165) is 30.8 Å². The highest BCUT2D eigenvalue weighted by Crippen LogP contribution is 2.31. The molecule has 2 N–H and O–H groups in total. The third-order valence-corrected chi connectivity index (χ3v) is 5.66. The fraction of sp³-hybridized carbons (Fsp3) is 0.238. The number of nitro benzene ring substituents is 1. The number of rotatable bonds is 4. The third-order valence-electron chi connectivity index (χ3n) is 5.46. The lowest BCUT2D eigenvalue weighted by molar-refractivity contribution is -0.384. The maximum absolute atomic E-state index is 12.6. The molecule has 1 saturated heterocycles. The molecule has 3 amide bonds. The number of anilines is 2. The molecule has 1 fully saturated rings. The van der Waals surface area contributed by atoms with Crippen LogP contribution >= 0.6 is 12.2 Å². The van der Waals surface area contributed by atoms with Gasteiger partial charge in [0, 0.05) is 37.5 Å². The Bertz CT molecular complexity index is 1180. The van der Waals surface area contributed by atoms with Crippen LogP contribution in [-0.2, 0) is 0 Å². The van der Waals surface area contributed by atoms with Crippen molar-refractivity contribution in [1.82, 2.24) is 10.2 Å². The van der Waals surface area contributed by atoms with Gasteiger partial charge in [-0.2, -0.15) is 0 Å². The fourth-order valence-electron chi connectivity index (χ4n) is 3.81. The van der Waals surface area contributed by atoms with Crippen LogP contribution in [0.5, 0.6) is 0 Å². The Hall–Kier alpha value is -3.86. The molecule has 2 aromatic rings. The molecule has 2 aromatic carbocycles. The number of imide groups is 1. The number of nitrogens with zero attached hydrogens (tertiary/aromatic N) is 3. The Morgan fingerprint density at radius 1 is 1.06 bits per heavy atom. The molecule has 32 heavy (non-hydrogen) atoms. The number of nitrogens with one attached hydrogen (secondary N) is 2. The smallest absolute Gasteiger partial charge is 0.293 e. The first-order chi connectivity index (χ1) is 15.3. The standard InChI is InChI=1S/C21H19N5O5S/c1-24-19(28)14-6-5-13(11-15(14)20(24)29)22-21(32)23-18(27)12-4-7-16(17(10-12)26(30)31)25-8-2-3-9-25/h4-7,10-11H,2-3,8-9H2,1H3,(H2,22,23,27,32). The van der Waals surface area contributed by atoms with E-state index in [-0.39, 0.29) is 27.8 Å². The van der Waals surface area contributed by atoms with Gasteiger partial charge in [-0.1, -0.05) is 0 Å². The zero-order valence-electron chi connectivity index (χ0n) is 17.1. The van der Waals surface area contributed by atoms with Gasteiger partial charge in [-0.15, -0.1) is 0 Å². The summed E-state index contributed by atoms with van der Waals surface area (Å²) in [7, 11) is 1.40. The van der Waals surface area contributed by atoms with Gasteiger partial charge in [0.1, 0.15) is 5.69 Å². The van der Waals surface area contributed by atoms with Crippen molar-refractivity contribution in [2.75, 3.05) is 30.4 Å². The van der Waals surface area contributed by atoms with Crippen molar-refractivity contribution in [3.63, 3.8) is 0 Å². The van der Waals surface area contributed by atoms with Gasteiger partial charge in [0.15, 0.2) is 5.11 Å². The molecule has 0 atom stereocenters. The van der Waals surface area contributed by atoms with E-state index in [1.807, 2.05) is 4.90 Å². The summed E-state index contributed by atoms with van der Waals surface area (Å²) in [6.07, 6.45) is 1.94. The molecular formula is C21H19N5O5S. The van der Waals surface area contributed by atoms with Crippen LogP contribution in [-0.4, -0.2) is 52.8 Å². The summed E-state index contributed by atoms with van der Waals surface area (Å²) in [5.74, 6) is -1.41. The molecule has 0 saturated carbocycles. The van der Waals surface area contributed by atoms with Gasteiger partial charge in [0.25, 0.3) is 23.4 Å². The Morgan fingerprint density at radius 2 is 1.75 bits per heavy atom. The van der Waals surface area contributed by atoms with Crippen LogP contribution in [0.1, 0.15) is 43.9 Å². The van der Waals surface area contributed by atoms with Crippen LogP contribution in [0.4, 0.5) is 17.1 Å². The molecular weight excluding hydrogens is 434 g/mol. The molecule has 2 aliphatic heterocycles. The first kappa shape index (κ1) is 21.4. The van der Waals surface area contributed by atoms with E-state index >= 15 is 0 Å². The molecule has 10 nitrogen and oxygen atoms in total. The number of carbonyl (C=O) groups excluding carboxylic acids is 3. The Labute approximate surface area is 188 Å². The monoisotopic (exact) mass is 453 g/mol. The van der Waals surface area contributed by atoms with E-state index in [9.17, 15) is 24.5 Å². The molecule has 4 rings (SSSR count). The average molecular weight is 453 g/mol. The van der Waals surface area contributed by atoms with Crippen molar-refractivity contribution in [3.05, 3.63) is 63.2 Å². The number of hydrogen-bond donors (Lipinski definition) is 2. The van der Waals surface area contributed by atoms with E-state index in [4.69, 9.17) is 12.2 Å². The normalized spacial score (nSPS) is 15.0. The van der Waals surface area contributed by atoms with Gasteiger partial charge >= 0.3 is 0 Å². The minimum atomic E-state index is -0.606. The first-order valence-electron chi connectivity index (χ1n) is 9.88. The maximum Gasteiger partial charge on any atom is 0.293 e. The summed E-state index contributed by atoms with van der Waals surface area (Å²) < 4.78 is 0. The summed E-state index contributed by atoms with van der Waals surface area (Å²) in [5, 5.41) is 16.8. The molecule has 11 heteroatoms. The zero-order chi connectivity index (χ0) is 23.0. The number of thiocarbonyl (C=S) groups is 1. The zero-order valence-corrected chi connectivity index (χ0v) is 17.9. The van der Waals surface area contributed by atoms with Crippen LogP contribution in [0.15, 0.2) is 36.4 Å². The lowest BCUT2D eigenvalue weighted by atomic mass is 10.1. The minimum Gasteiger partial charge on any atom is -0.366 e. The number of benzene rings is 2.